The molecule has 0 amide bonds. The van der Waals surface area contributed by atoms with Gasteiger partial charge >= 0.3 is 0 Å². The lowest BCUT2D eigenvalue weighted by Gasteiger charge is -2.13. The highest BCUT2D eigenvalue weighted by molar-refractivity contribution is 6.29. The van der Waals surface area contributed by atoms with Crippen molar-refractivity contribution < 1.29 is 4.74 Å². The molecule has 1 aromatic carbocycles. The van der Waals surface area contributed by atoms with E-state index < -0.39 is 0 Å². The fourth-order valence-corrected chi connectivity index (χ4v) is 2.67. The highest BCUT2D eigenvalue weighted by Gasteiger charge is 2.04. The van der Waals surface area contributed by atoms with Crippen LogP contribution < -0.4 is 10.6 Å². The minimum Gasteiger partial charge on any atom is -0.374 e. The Kier molecular flexibility index (Phi) is 9.66. The van der Waals surface area contributed by atoms with E-state index in [1.165, 1.54) is 5.56 Å². The third kappa shape index (κ3) is 8.41. The maximum Gasteiger partial charge on any atom is 0.191 e. The van der Waals surface area contributed by atoms with Crippen LogP contribution in [0.1, 0.15) is 37.5 Å². The van der Waals surface area contributed by atoms with Crippen LogP contribution in [-0.2, 0) is 11.2 Å². The largest absolute Gasteiger partial charge is 0.374 e. The predicted molar refractivity (Wildman–Crippen MR) is 112 cm³/mol. The molecule has 0 spiro atoms. The molecule has 1 aromatic heterocycles. The summed E-state index contributed by atoms with van der Waals surface area (Å²) in [5, 5.41) is 7.13. The van der Waals surface area contributed by atoms with Crippen LogP contribution in [0.2, 0.25) is 5.15 Å². The zero-order valence-electron chi connectivity index (χ0n) is 16.1. The Balaban J connectivity index is 1.67. The zero-order valence-corrected chi connectivity index (χ0v) is 16.9. The van der Waals surface area contributed by atoms with E-state index in [0.29, 0.717) is 11.8 Å². The second kappa shape index (κ2) is 12.3. The number of nitrogens with one attached hydrogen (secondary N) is 2. The van der Waals surface area contributed by atoms with Crippen LogP contribution >= 0.6 is 11.6 Å². The Bertz CT molecular complexity index is 676. The standard InChI is InChI=1S/C21H29ClN4O/c1-3-23-21(25-14-12-18-10-11-20(22)26-16-18)24-13-7-15-27-17(2)19-8-5-4-6-9-19/h4-6,8-11,16-17H,3,7,12-15H2,1-2H3,(H2,23,24,25). The second-order valence-electron chi connectivity index (χ2n) is 6.20. The summed E-state index contributed by atoms with van der Waals surface area (Å²) in [4.78, 5) is 8.70. The maximum absolute atomic E-state index is 5.89. The lowest BCUT2D eigenvalue weighted by atomic mass is 10.1. The predicted octanol–water partition coefficient (Wildman–Crippen LogP) is 4.00. The van der Waals surface area contributed by atoms with Crippen LogP contribution in [0.3, 0.4) is 0 Å². The number of hydrogen-bond acceptors (Lipinski definition) is 3. The molecule has 5 nitrogen and oxygen atoms in total. The van der Waals surface area contributed by atoms with Gasteiger partial charge in [-0.05, 0) is 43.9 Å². The minimum atomic E-state index is 0.106. The molecule has 2 rings (SSSR count). The number of benzene rings is 1. The van der Waals surface area contributed by atoms with Crippen molar-refractivity contribution in [3.63, 3.8) is 0 Å². The van der Waals surface area contributed by atoms with Gasteiger partial charge in [0.1, 0.15) is 5.15 Å². The van der Waals surface area contributed by atoms with Crippen molar-refractivity contribution in [1.82, 2.24) is 15.6 Å². The Labute approximate surface area is 167 Å². The van der Waals surface area contributed by atoms with Crippen LogP contribution in [0.15, 0.2) is 53.7 Å². The summed E-state index contributed by atoms with van der Waals surface area (Å²) < 4.78 is 5.89. The summed E-state index contributed by atoms with van der Waals surface area (Å²) in [5.74, 6) is 0.829. The van der Waals surface area contributed by atoms with E-state index in [2.05, 4.69) is 46.6 Å². The van der Waals surface area contributed by atoms with Gasteiger partial charge in [0.2, 0.25) is 0 Å². The van der Waals surface area contributed by atoms with Crippen molar-refractivity contribution in [2.75, 3.05) is 26.2 Å². The fraction of sp³-hybridized carbons (Fsp3) is 0.429. The molecule has 0 fully saturated rings. The number of rotatable bonds is 10. The first-order valence-corrected chi connectivity index (χ1v) is 9.86. The van der Waals surface area contributed by atoms with Crippen molar-refractivity contribution in [3.8, 4) is 0 Å². The molecule has 0 saturated carbocycles. The third-order valence-corrected chi connectivity index (χ3v) is 4.27. The maximum atomic E-state index is 5.89. The number of ether oxygens (including phenoxy) is 1. The van der Waals surface area contributed by atoms with Crippen LogP contribution in [-0.4, -0.2) is 37.2 Å². The van der Waals surface area contributed by atoms with Gasteiger partial charge in [0, 0.05) is 32.4 Å². The van der Waals surface area contributed by atoms with Crippen molar-refractivity contribution in [2.45, 2.75) is 32.8 Å². The number of halogens is 1. The molecule has 0 saturated heterocycles. The number of aromatic nitrogens is 1. The van der Waals surface area contributed by atoms with E-state index in [0.717, 1.165) is 44.0 Å². The van der Waals surface area contributed by atoms with Gasteiger partial charge in [-0.25, -0.2) is 4.98 Å². The fourth-order valence-electron chi connectivity index (χ4n) is 2.56. The molecule has 0 aliphatic heterocycles. The second-order valence-corrected chi connectivity index (χ2v) is 6.59. The summed E-state index contributed by atoms with van der Waals surface area (Å²) >= 11 is 5.81. The van der Waals surface area contributed by atoms with Crippen molar-refractivity contribution >= 4 is 17.6 Å². The van der Waals surface area contributed by atoms with Gasteiger partial charge < -0.3 is 15.4 Å². The van der Waals surface area contributed by atoms with E-state index in [-0.39, 0.29) is 6.10 Å². The minimum absolute atomic E-state index is 0.106. The van der Waals surface area contributed by atoms with E-state index in [1.54, 1.807) is 6.20 Å². The molecule has 0 aliphatic carbocycles. The monoisotopic (exact) mass is 388 g/mol. The molecule has 6 heteroatoms. The topological polar surface area (TPSA) is 58.5 Å². The van der Waals surface area contributed by atoms with Crippen molar-refractivity contribution in [2.24, 2.45) is 4.99 Å². The molecule has 1 heterocycles. The SMILES string of the molecule is CCNC(=NCCCOC(C)c1ccccc1)NCCc1ccc(Cl)nc1. The molecular formula is C21H29ClN4O. The molecule has 146 valence electrons. The van der Waals surface area contributed by atoms with Crippen LogP contribution in [0, 0.1) is 0 Å². The number of guanidine groups is 1. The summed E-state index contributed by atoms with van der Waals surface area (Å²) in [7, 11) is 0. The van der Waals surface area contributed by atoms with E-state index >= 15 is 0 Å². The van der Waals surface area contributed by atoms with Crippen LogP contribution in [0.5, 0.6) is 0 Å². The van der Waals surface area contributed by atoms with Gasteiger partial charge in [0.25, 0.3) is 0 Å². The van der Waals surface area contributed by atoms with Crippen LogP contribution in [0.25, 0.3) is 0 Å². The smallest absolute Gasteiger partial charge is 0.191 e. The highest BCUT2D eigenvalue weighted by atomic mass is 35.5. The number of aliphatic imine (C=N–C) groups is 1. The quantitative estimate of drug-likeness (QED) is 0.279. The van der Waals surface area contributed by atoms with Gasteiger partial charge in [0.15, 0.2) is 5.96 Å². The molecule has 0 radical (unpaired) electrons. The van der Waals surface area contributed by atoms with Gasteiger partial charge in [-0.3, -0.25) is 4.99 Å². The molecule has 2 aromatic rings. The van der Waals surface area contributed by atoms with Crippen molar-refractivity contribution in [1.29, 1.82) is 0 Å². The van der Waals surface area contributed by atoms with Gasteiger partial charge in [-0.15, -0.1) is 0 Å². The average molecular weight is 389 g/mol. The number of pyridine rings is 1. The van der Waals surface area contributed by atoms with Gasteiger partial charge in [-0.2, -0.15) is 0 Å². The molecular weight excluding hydrogens is 360 g/mol. The summed E-state index contributed by atoms with van der Waals surface area (Å²) in [6, 6.07) is 14.1. The number of hydrogen-bond donors (Lipinski definition) is 2. The summed E-state index contributed by atoms with van der Waals surface area (Å²) in [6.45, 7) is 7.17. The molecule has 1 atom stereocenters. The first-order valence-electron chi connectivity index (χ1n) is 9.48. The zero-order chi connectivity index (χ0) is 19.3. The van der Waals surface area contributed by atoms with Crippen LogP contribution in [0.4, 0.5) is 0 Å². The lowest BCUT2D eigenvalue weighted by molar-refractivity contribution is 0.0652. The molecule has 0 bridgehead atoms. The Morgan fingerprint density at radius 3 is 2.70 bits per heavy atom. The average Bonchev–Trinajstić information content (AvgIpc) is 2.69. The van der Waals surface area contributed by atoms with E-state index in [1.807, 2.05) is 30.3 Å². The van der Waals surface area contributed by atoms with Crippen molar-refractivity contribution in [3.05, 3.63) is 64.9 Å². The van der Waals surface area contributed by atoms with Gasteiger partial charge in [0.05, 0.1) is 6.10 Å². The highest BCUT2D eigenvalue weighted by Crippen LogP contribution is 2.15. The Hall–Kier alpha value is -2.11. The number of nitrogens with zero attached hydrogens (tertiary/aromatic N) is 2. The normalized spacial score (nSPS) is 12.6. The first-order chi connectivity index (χ1) is 13.2. The molecule has 0 aliphatic rings. The molecule has 27 heavy (non-hydrogen) atoms. The summed E-state index contributed by atoms with van der Waals surface area (Å²) in [5.41, 5.74) is 2.35. The van der Waals surface area contributed by atoms with E-state index in [9.17, 15) is 0 Å². The first kappa shape index (κ1) is 21.2. The summed E-state index contributed by atoms with van der Waals surface area (Å²) in [6.07, 6.45) is 3.66. The third-order valence-electron chi connectivity index (χ3n) is 4.05. The van der Waals surface area contributed by atoms with E-state index in [4.69, 9.17) is 16.3 Å². The van der Waals surface area contributed by atoms with Gasteiger partial charge in [-0.1, -0.05) is 48.0 Å². The Morgan fingerprint density at radius 2 is 2.00 bits per heavy atom. The Morgan fingerprint density at radius 1 is 1.19 bits per heavy atom. The molecule has 1 unspecified atom stereocenters. The molecule has 2 N–H and O–H groups in total. The lowest BCUT2D eigenvalue weighted by Crippen LogP contribution is -2.38.